The van der Waals surface area contributed by atoms with Crippen molar-refractivity contribution in [1.29, 1.82) is 0 Å². The van der Waals surface area contributed by atoms with Gasteiger partial charge in [-0.1, -0.05) is 17.7 Å². The van der Waals surface area contributed by atoms with Gasteiger partial charge in [0.1, 0.15) is 6.11 Å². The predicted octanol–water partition coefficient (Wildman–Crippen LogP) is 3.50. The van der Waals surface area contributed by atoms with Crippen LogP contribution in [0.1, 0.15) is 25.0 Å². The van der Waals surface area contributed by atoms with E-state index in [0.29, 0.717) is 0 Å². The molecule has 0 aliphatic rings. The zero-order valence-corrected chi connectivity index (χ0v) is 11.7. The fourth-order valence-corrected chi connectivity index (χ4v) is 2.15. The molecular weight excluding hydrogens is 251 g/mol. The molecule has 5 heteroatoms. The first-order valence-corrected chi connectivity index (χ1v) is 7.21. The van der Waals surface area contributed by atoms with Crippen molar-refractivity contribution in [2.24, 2.45) is 0 Å². The zero-order valence-electron chi connectivity index (χ0n) is 10.8. The third kappa shape index (κ3) is 4.93. The summed E-state index contributed by atoms with van der Waals surface area (Å²) >= 11 is 0. The van der Waals surface area contributed by atoms with Crippen LogP contribution in [0.2, 0.25) is 0 Å². The molecule has 98 valence electrons. The van der Waals surface area contributed by atoms with Crippen molar-refractivity contribution in [3.63, 3.8) is 0 Å². The quantitative estimate of drug-likeness (QED) is 0.605. The molecule has 0 atom stereocenters. The lowest BCUT2D eigenvalue weighted by atomic mass is 10.2. The lowest BCUT2D eigenvalue weighted by molar-refractivity contribution is 0.159. The summed E-state index contributed by atoms with van der Waals surface area (Å²) in [6.45, 7) is 5.89. The van der Waals surface area contributed by atoms with Gasteiger partial charge in [0.05, 0.1) is 13.2 Å². The van der Waals surface area contributed by atoms with Crippen molar-refractivity contribution in [3.8, 4) is 12.0 Å². The van der Waals surface area contributed by atoms with Gasteiger partial charge in [0.15, 0.2) is 0 Å². The summed E-state index contributed by atoms with van der Waals surface area (Å²) in [5.41, 5.74) is 1.93. The van der Waals surface area contributed by atoms with Gasteiger partial charge in [0.2, 0.25) is 0 Å². The number of benzene rings is 1. The molecule has 0 saturated heterocycles. The van der Waals surface area contributed by atoms with Crippen LogP contribution in [0.15, 0.2) is 24.3 Å². The van der Waals surface area contributed by atoms with Gasteiger partial charge in [0.25, 0.3) is 0 Å². The second-order valence-electron chi connectivity index (χ2n) is 3.47. The highest BCUT2D eigenvalue weighted by Gasteiger charge is 2.25. The van der Waals surface area contributed by atoms with Crippen LogP contribution < -0.4 is 0 Å². The molecular formula is C13H17O4P. The maximum absolute atomic E-state index is 11.9. The average molecular weight is 268 g/mol. The van der Waals surface area contributed by atoms with Crippen molar-refractivity contribution in [2.75, 3.05) is 13.2 Å². The lowest BCUT2D eigenvalue weighted by Gasteiger charge is -2.12. The minimum Gasteiger partial charge on any atom is -0.350 e. The molecule has 0 saturated carbocycles. The van der Waals surface area contributed by atoms with Gasteiger partial charge in [-0.15, -0.1) is 0 Å². The summed E-state index contributed by atoms with van der Waals surface area (Å²) in [6, 6.07) is 7.60. The predicted molar refractivity (Wildman–Crippen MR) is 70.0 cm³/mol. The van der Waals surface area contributed by atoms with E-state index >= 15 is 0 Å². The Morgan fingerprint density at radius 1 is 1.11 bits per heavy atom. The highest BCUT2D eigenvalue weighted by molar-refractivity contribution is 7.48. The minimum absolute atomic E-state index is 0.240. The van der Waals surface area contributed by atoms with E-state index in [9.17, 15) is 4.57 Å². The van der Waals surface area contributed by atoms with Crippen molar-refractivity contribution in [3.05, 3.63) is 35.4 Å². The third-order valence-corrected chi connectivity index (χ3v) is 3.44. The van der Waals surface area contributed by atoms with E-state index in [4.69, 9.17) is 13.6 Å². The topological polar surface area (TPSA) is 44.8 Å². The van der Waals surface area contributed by atoms with Crippen LogP contribution in [0.5, 0.6) is 0 Å². The molecule has 0 aliphatic carbocycles. The molecule has 0 heterocycles. The van der Waals surface area contributed by atoms with Crippen LogP contribution in [0.3, 0.4) is 0 Å². The van der Waals surface area contributed by atoms with Crippen molar-refractivity contribution in [1.82, 2.24) is 0 Å². The first kappa shape index (κ1) is 14.8. The van der Waals surface area contributed by atoms with Crippen molar-refractivity contribution < 1.29 is 18.1 Å². The summed E-state index contributed by atoms with van der Waals surface area (Å²) in [5, 5.41) is 0. The first-order chi connectivity index (χ1) is 8.59. The lowest BCUT2D eigenvalue weighted by Crippen LogP contribution is -1.96. The monoisotopic (exact) mass is 268 g/mol. The Hall–Kier alpha value is -1.27. The standard InChI is InChI=1S/C13H17O4P/c1-4-15-18(14,16-5-2)17-11-10-13-8-6-12(3)7-9-13/h6-9H,4-5H2,1-3H3. The van der Waals surface area contributed by atoms with Crippen LogP contribution in [-0.4, -0.2) is 13.2 Å². The molecule has 1 aromatic carbocycles. The molecule has 0 amide bonds. The fourth-order valence-electron chi connectivity index (χ4n) is 1.18. The minimum atomic E-state index is -3.54. The number of phosphoric acid groups is 1. The molecule has 0 fully saturated rings. The molecule has 1 rings (SSSR count). The molecule has 18 heavy (non-hydrogen) atoms. The van der Waals surface area contributed by atoms with E-state index in [0.717, 1.165) is 11.1 Å². The number of hydrogen-bond acceptors (Lipinski definition) is 4. The zero-order chi connectivity index (χ0) is 13.4. The number of rotatable bonds is 5. The Balaban J connectivity index is 2.68. The summed E-state index contributed by atoms with van der Waals surface area (Å²) in [4.78, 5) is 0. The van der Waals surface area contributed by atoms with E-state index in [1.54, 1.807) is 13.8 Å². The van der Waals surface area contributed by atoms with Gasteiger partial charge in [-0.2, -0.15) is 0 Å². The molecule has 0 spiro atoms. The Kier molecular flexibility index (Phi) is 5.94. The summed E-state index contributed by atoms with van der Waals surface area (Å²) in [5.74, 6) is 2.74. The number of phosphoric ester groups is 1. The van der Waals surface area contributed by atoms with E-state index in [1.807, 2.05) is 31.2 Å². The third-order valence-electron chi connectivity index (χ3n) is 1.98. The van der Waals surface area contributed by atoms with Gasteiger partial charge in [-0.25, -0.2) is 4.57 Å². The Bertz CT molecular complexity index is 460. The highest BCUT2D eigenvalue weighted by Crippen LogP contribution is 2.48. The number of aryl methyl sites for hydroxylation is 1. The Morgan fingerprint density at radius 2 is 1.67 bits per heavy atom. The smallest absolute Gasteiger partial charge is 0.350 e. The SMILES string of the molecule is CCOP(=O)(OC#Cc1ccc(C)cc1)OCC. The van der Waals surface area contributed by atoms with Gasteiger partial charge in [-0.05, 0) is 38.8 Å². The maximum atomic E-state index is 11.9. The van der Waals surface area contributed by atoms with Crippen LogP contribution in [0.25, 0.3) is 0 Å². The summed E-state index contributed by atoms with van der Waals surface area (Å²) in [7, 11) is -3.54. The van der Waals surface area contributed by atoms with Crippen LogP contribution in [0.4, 0.5) is 0 Å². The second-order valence-corrected chi connectivity index (χ2v) is 5.06. The first-order valence-electron chi connectivity index (χ1n) is 5.75. The molecule has 0 unspecified atom stereocenters. The summed E-state index contributed by atoms with van der Waals surface area (Å²) in [6.07, 6.45) is 2.37. The molecule has 4 nitrogen and oxygen atoms in total. The van der Waals surface area contributed by atoms with E-state index in [2.05, 4.69) is 12.0 Å². The molecule has 1 aromatic rings. The highest BCUT2D eigenvalue weighted by atomic mass is 31.2. The Morgan fingerprint density at radius 3 is 2.17 bits per heavy atom. The van der Waals surface area contributed by atoms with Gasteiger partial charge in [0, 0.05) is 5.56 Å². The average Bonchev–Trinajstić information content (AvgIpc) is 2.32. The maximum Gasteiger partial charge on any atom is 0.538 e. The molecule has 0 bridgehead atoms. The number of hydrogen-bond donors (Lipinski definition) is 0. The van der Waals surface area contributed by atoms with Gasteiger partial charge >= 0.3 is 7.82 Å². The fraction of sp³-hybridized carbons (Fsp3) is 0.385. The van der Waals surface area contributed by atoms with E-state index in [1.165, 1.54) is 0 Å². The van der Waals surface area contributed by atoms with Crippen LogP contribution in [0, 0.1) is 19.0 Å². The normalized spacial score (nSPS) is 10.6. The molecule has 0 aromatic heterocycles. The molecule has 0 N–H and O–H groups in total. The second kappa shape index (κ2) is 7.23. The van der Waals surface area contributed by atoms with E-state index < -0.39 is 7.82 Å². The van der Waals surface area contributed by atoms with Gasteiger partial charge < -0.3 is 4.52 Å². The van der Waals surface area contributed by atoms with Gasteiger partial charge in [-0.3, -0.25) is 9.05 Å². The van der Waals surface area contributed by atoms with E-state index in [-0.39, 0.29) is 13.2 Å². The molecule has 0 radical (unpaired) electrons. The summed E-state index contributed by atoms with van der Waals surface area (Å²) < 4.78 is 26.7. The Labute approximate surface area is 108 Å². The van der Waals surface area contributed by atoms with Crippen molar-refractivity contribution >= 4 is 7.82 Å². The van der Waals surface area contributed by atoms with Crippen LogP contribution in [-0.2, 0) is 18.1 Å². The van der Waals surface area contributed by atoms with Crippen LogP contribution >= 0.6 is 7.82 Å². The molecule has 0 aliphatic heterocycles. The largest absolute Gasteiger partial charge is 0.538 e. The van der Waals surface area contributed by atoms with Crippen molar-refractivity contribution in [2.45, 2.75) is 20.8 Å².